The summed E-state index contributed by atoms with van der Waals surface area (Å²) in [5.41, 5.74) is 1.30. The van der Waals surface area contributed by atoms with Crippen LogP contribution in [0.4, 0.5) is 0 Å². The van der Waals surface area contributed by atoms with Gasteiger partial charge >= 0.3 is 0 Å². The highest BCUT2D eigenvalue weighted by Crippen LogP contribution is 2.32. The van der Waals surface area contributed by atoms with Crippen molar-refractivity contribution >= 4 is 21.8 Å². The number of rotatable bonds is 4. The Bertz CT molecular complexity index is 507. The summed E-state index contributed by atoms with van der Waals surface area (Å²) in [5, 5.41) is 3.71. The van der Waals surface area contributed by atoms with E-state index in [1.54, 1.807) is 0 Å². The lowest BCUT2D eigenvalue weighted by Crippen LogP contribution is -2.46. The predicted molar refractivity (Wildman–Crippen MR) is 88.0 cm³/mol. The number of likely N-dealkylation sites (tertiary alicyclic amines) is 1. The Morgan fingerprint density at radius 3 is 2.52 bits per heavy atom. The third-order valence-electron chi connectivity index (χ3n) is 4.59. The quantitative estimate of drug-likeness (QED) is 0.901. The molecule has 0 bridgehead atoms. The number of benzene rings is 1. The molecule has 3 rings (SSSR count). The lowest BCUT2D eigenvalue weighted by atomic mass is 10.0. The first-order chi connectivity index (χ1) is 10.1. The van der Waals surface area contributed by atoms with Gasteiger partial charge in [0, 0.05) is 35.6 Å². The van der Waals surface area contributed by atoms with Gasteiger partial charge in [0.15, 0.2) is 0 Å². The number of piperidine rings is 1. The molecule has 1 atom stereocenters. The van der Waals surface area contributed by atoms with E-state index in [-0.39, 0.29) is 0 Å². The number of nitrogens with zero attached hydrogens (tertiary/aromatic N) is 1. The van der Waals surface area contributed by atoms with E-state index < -0.39 is 0 Å². The molecule has 1 saturated carbocycles. The normalized spacial score (nSPS) is 21.3. The third kappa shape index (κ3) is 3.67. The maximum absolute atomic E-state index is 12.1. The number of carbonyl (C=O) groups is 1. The second kappa shape index (κ2) is 6.49. The summed E-state index contributed by atoms with van der Waals surface area (Å²) >= 11 is 3.62. The molecule has 3 nitrogen and oxygen atoms in total. The molecule has 1 aromatic rings. The molecule has 1 unspecified atom stereocenters. The van der Waals surface area contributed by atoms with Crippen LogP contribution in [0.5, 0.6) is 0 Å². The van der Waals surface area contributed by atoms with E-state index >= 15 is 0 Å². The fraction of sp³-hybridized carbons (Fsp3) is 0.588. The molecule has 114 valence electrons. The third-order valence-corrected chi connectivity index (χ3v) is 5.31. The van der Waals surface area contributed by atoms with Gasteiger partial charge in [0.05, 0.1) is 0 Å². The molecule has 1 heterocycles. The summed E-state index contributed by atoms with van der Waals surface area (Å²) < 4.78 is 1.16. The van der Waals surface area contributed by atoms with Crippen LogP contribution in [0, 0.1) is 5.92 Å². The van der Waals surface area contributed by atoms with E-state index in [1.165, 1.54) is 5.56 Å². The average Bonchev–Trinajstić information content (AvgIpc) is 3.32. The van der Waals surface area contributed by atoms with E-state index in [0.29, 0.717) is 23.9 Å². The van der Waals surface area contributed by atoms with E-state index in [4.69, 9.17) is 0 Å². The largest absolute Gasteiger partial charge is 0.342 e. The molecule has 2 fully saturated rings. The van der Waals surface area contributed by atoms with Crippen LogP contribution in [0.3, 0.4) is 0 Å². The van der Waals surface area contributed by atoms with Crippen molar-refractivity contribution in [1.29, 1.82) is 0 Å². The molecule has 1 aromatic carbocycles. The van der Waals surface area contributed by atoms with Gasteiger partial charge in [-0.25, -0.2) is 0 Å². The van der Waals surface area contributed by atoms with Crippen molar-refractivity contribution in [3.05, 3.63) is 34.3 Å². The Morgan fingerprint density at radius 1 is 1.24 bits per heavy atom. The summed E-state index contributed by atoms with van der Waals surface area (Å²) in [7, 11) is 0. The van der Waals surface area contributed by atoms with E-state index in [2.05, 4.69) is 51.3 Å². The molecule has 0 radical (unpaired) electrons. The minimum absolute atomic E-state index is 0.330. The van der Waals surface area contributed by atoms with Gasteiger partial charge in [0.25, 0.3) is 0 Å². The van der Waals surface area contributed by atoms with Crippen LogP contribution in [0.1, 0.15) is 44.2 Å². The molecule has 2 aliphatic rings. The number of carbonyl (C=O) groups excluding carboxylic acids is 1. The van der Waals surface area contributed by atoms with Crippen LogP contribution in [0.25, 0.3) is 0 Å². The maximum Gasteiger partial charge on any atom is 0.225 e. The fourth-order valence-corrected chi connectivity index (χ4v) is 3.75. The summed E-state index contributed by atoms with van der Waals surface area (Å²) in [6.07, 6.45) is 4.34. The van der Waals surface area contributed by atoms with Crippen LogP contribution < -0.4 is 5.32 Å². The lowest BCUT2D eigenvalue weighted by molar-refractivity contribution is -0.133. The second-order valence-corrected chi connectivity index (χ2v) is 7.14. The van der Waals surface area contributed by atoms with Crippen LogP contribution in [-0.4, -0.2) is 29.9 Å². The van der Waals surface area contributed by atoms with Gasteiger partial charge < -0.3 is 10.2 Å². The molecule has 1 saturated heterocycles. The number of nitrogens with one attached hydrogen (secondary N) is 1. The summed E-state index contributed by atoms with van der Waals surface area (Å²) in [4.78, 5) is 14.1. The number of hydrogen-bond donors (Lipinski definition) is 1. The molecule has 4 heteroatoms. The summed E-state index contributed by atoms with van der Waals surface area (Å²) in [5.74, 6) is 0.751. The topological polar surface area (TPSA) is 32.3 Å². The van der Waals surface area contributed by atoms with Gasteiger partial charge in [-0.3, -0.25) is 4.79 Å². The Morgan fingerprint density at radius 2 is 1.90 bits per heavy atom. The fourth-order valence-electron chi connectivity index (χ4n) is 3.12. The predicted octanol–water partition coefficient (Wildman–Crippen LogP) is 3.50. The maximum atomic E-state index is 12.1. The molecule has 1 amide bonds. The molecule has 21 heavy (non-hydrogen) atoms. The standard InChI is InChI=1S/C17H23BrN2O/c1-12(15-4-2-3-5-16(15)18)19-14-8-10-20(11-9-14)17(21)13-6-7-13/h2-5,12-14,19H,6-11H2,1H3. The van der Waals surface area contributed by atoms with Gasteiger partial charge in [-0.05, 0) is 44.2 Å². The van der Waals surface area contributed by atoms with Crippen molar-refractivity contribution < 1.29 is 4.79 Å². The van der Waals surface area contributed by atoms with Gasteiger partial charge in [-0.15, -0.1) is 0 Å². The first kappa shape index (κ1) is 15.0. The SMILES string of the molecule is CC(NC1CCN(C(=O)C2CC2)CC1)c1ccccc1Br. The monoisotopic (exact) mass is 350 g/mol. The van der Waals surface area contributed by atoms with E-state index in [9.17, 15) is 4.79 Å². The Balaban J connectivity index is 1.51. The van der Waals surface area contributed by atoms with Crippen molar-refractivity contribution in [3.8, 4) is 0 Å². The van der Waals surface area contributed by atoms with Gasteiger partial charge in [-0.1, -0.05) is 34.1 Å². The number of hydrogen-bond acceptors (Lipinski definition) is 2. The van der Waals surface area contributed by atoms with Crippen molar-refractivity contribution in [3.63, 3.8) is 0 Å². The van der Waals surface area contributed by atoms with Crippen LogP contribution in [-0.2, 0) is 4.79 Å². The minimum Gasteiger partial charge on any atom is -0.342 e. The Kier molecular flexibility index (Phi) is 4.65. The highest BCUT2D eigenvalue weighted by Gasteiger charge is 2.35. The van der Waals surface area contributed by atoms with Crippen LogP contribution in [0.15, 0.2) is 28.7 Å². The van der Waals surface area contributed by atoms with Gasteiger partial charge in [-0.2, -0.15) is 0 Å². The Labute approximate surface area is 135 Å². The summed E-state index contributed by atoms with van der Waals surface area (Å²) in [6, 6.07) is 9.21. The van der Waals surface area contributed by atoms with Crippen molar-refractivity contribution in [2.75, 3.05) is 13.1 Å². The van der Waals surface area contributed by atoms with Gasteiger partial charge in [0.2, 0.25) is 5.91 Å². The smallest absolute Gasteiger partial charge is 0.225 e. The highest BCUT2D eigenvalue weighted by atomic mass is 79.9. The molecule has 0 spiro atoms. The van der Waals surface area contributed by atoms with Crippen LogP contribution in [0.2, 0.25) is 0 Å². The van der Waals surface area contributed by atoms with Crippen molar-refractivity contribution in [2.24, 2.45) is 5.92 Å². The molecule has 1 N–H and O–H groups in total. The van der Waals surface area contributed by atoms with Crippen molar-refractivity contribution in [2.45, 2.75) is 44.7 Å². The lowest BCUT2D eigenvalue weighted by Gasteiger charge is -2.34. The first-order valence-corrected chi connectivity index (χ1v) is 8.73. The van der Waals surface area contributed by atoms with E-state index in [0.717, 1.165) is 43.2 Å². The zero-order chi connectivity index (χ0) is 14.8. The zero-order valence-corrected chi connectivity index (χ0v) is 14.1. The summed E-state index contributed by atoms with van der Waals surface area (Å²) in [6.45, 7) is 4.03. The minimum atomic E-state index is 0.330. The zero-order valence-electron chi connectivity index (χ0n) is 12.5. The van der Waals surface area contributed by atoms with Crippen LogP contribution >= 0.6 is 15.9 Å². The average molecular weight is 351 g/mol. The number of amides is 1. The molecule has 1 aliphatic carbocycles. The number of halogens is 1. The van der Waals surface area contributed by atoms with Gasteiger partial charge in [0.1, 0.15) is 0 Å². The molecular formula is C17H23BrN2O. The Hall–Kier alpha value is -0.870. The first-order valence-electron chi connectivity index (χ1n) is 7.94. The second-order valence-electron chi connectivity index (χ2n) is 6.28. The van der Waals surface area contributed by atoms with Crippen molar-refractivity contribution in [1.82, 2.24) is 10.2 Å². The highest BCUT2D eigenvalue weighted by molar-refractivity contribution is 9.10. The molecule has 0 aromatic heterocycles. The molecular weight excluding hydrogens is 328 g/mol. The molecule has 1 aliphatic heterocycles. The van der Waals surface area contributed by atoms with E-state index in [1.807, 2.05) is 6.07 Å².